The predicted molar refractivity (Wildman–Crippen MR) is 90.0 cm³/mol. The van der Waals surface area contributed by atoms with E-state index in [4.69, 9.17) is 10.5 Å². The van der Waals surface area contributed by atoms with Crippen molar-refractivity contribution in [2.75, 3.05) is 0 Å². The molecule has 124 valence electrons. The first kappa shape index (κ1) is 20.2. The molecule has 0 saturated carbocycles. The van der Waals surface area contributed by atoms with Crippen LogP contribution >= 0.6 is 0 Å². The quantitative estimate of drug-likeness (QED) is 0.236. The van der Waals surface area contributed by atoms with Gasteiger partial charge in [0.25, 0.3) is 0 Å². The van der Waals surface area contributed by atoms with E-state index in [9.17, 15) is 4.79 Å². The van der Waals surface area contributed by atoms with E-state index < -0.39 is 6.23 Å². The second kappa shape index (κ2) is 12.9. The predicted octanol–water partition coefficient (Wildman–Crippen LogP) is 5.09. The van der Waals surface area contributed by atoms with Gasteiger partial charge in [-0.3, -0.25) is 5.73 Å². The van der Waals surface area contributed by atoms with Gasteiger partial charge in [0.1, 0.15) is 0 Å². The van der Waals surface area contributed by atoms with Crippen molar-refractivity contribution in [3.05, 3.63) is 11.1 Å². The topological polar surface area (TPSA) is 52.3 Å². The maximum Gasteiger partial charge on any atom is 0.335 e. The minimum absolute atomic E-state index is 0.279. The number of carbonyl (C=O) groups is 1. The van der Waals surface area contributed by atoms with Crippen molar-refractivity contribution in [3.63, 3.8) is 0 Å². The summed E-state index contributed by atoms with van der Waals surface area (Å²) in [6, 6.07) is 0. The Hall–Kier alpha value is -0.830. The van der Waals surface area contributed by atoms with E-state index in [1.807, 2.05) is 13.8 Å². The van der Waals surface area contributed by atoms with Crippen molar-refractivity contribution in [3.8, 4) is 0 Å². The van der Waals surface area contributed by atoms with Crippen LogP contribution in [0.4, 0.5) is 0 Å². The molecule has 0 fully saturated rings. The van der Waals surface area contributed by atoms with Gasteiger partial charge in [-0.05, 0) is 33.6 Å². The Bertz CT molecular complexity index is 306. The van der Waals surface area contributed by atoms with Crippen LogP contribution in [0.25, 0.3) is 0 Å². The van der Waals surface area contributed by atoms with Crippen LogP contribution in [0, 0.1) is 0 Å². The van der Waals surface area contributed by atoms with Crippen molar-refractivity contribution in [2.45, 2.75) is 98.1 Å². The van der Waals surface area contributed by atoms with Crippen LogP contribution in [-0.2, 0) is 9.53 Å². The molecule has 0 spiro atoms. The lowest BCUT2D eigenvalue weighted by atomic mass is 10.1. The van der Waals surface area contributed by atoms with Gasteiger partial charge in [-0.25, -0.2) is 4.79 Å². The van der Waals surface area contributed by atoms with Gasteiger partial charge >= 0.3 is 5.97 Å². The highest BCUT2D eigenvalue weighted by Gasteiger charge is 2.12. The summed E-state index contributed by atoms with van der Waals surface area (Å²) in [6.45, 7) is 7.84. The second-order valence-corrected chi connectivity index (χ2v) is 6.19. The first-order valence-corrected chi connectivity index (χ1v) is 8.59. The molecule has 0 aromatic heterocycles. The third-order valence-electron chi connectivity index (χ3n) is 3.91. The first-order chi connectivity index (χ1) is 9.99. The van der Waals surface area contributed by atoms with Crippen LogP contribution in [0.1, 0.15) is 91.9 Å². The SMILES string of the molecule is CCCCCCCCCCCC(N)OC(=O)C(C)=C(C)C. The van der Waals surface area contributed by atoms with E-state index in [0.717, 1.165) is 18.4 Å². The zero-order valence-electron chi connectivity index (χ0n) is 14.5. The molecule has 0 aromatic carbocycles. The van der Waals surface area contributed by atoms with Gasteiger partial charge in [-0.1, -0.05) is 63.9 Å². The van der Waals surface area contributed by atoms with E-state index >= 15 is 0 Å². The highest BCUT2D eigenvalue weighted by Crippen LogP contribution is 2.12. The third kappa shape index (κ3) is 11.5. The number of rotatable bonds is 12. The standard InChI is InChI=1S/C18H35NO2/c1-5-6-7-8-9-10-11-12-13-14-17(19)21-18(20)16(4)15(2)3/h17H,5-14,19H2,1-4H3. The van der Waals surface area contributed by atoms with Crippen molar-refractivity contribution in [1.82, 2.24) is 0 Å². The Morgan fingerprint density at radius 1 is 0.905 bits per heavy atom. The highest BCUT2D eigenvalue weighted by molar-refractivity contribution is 5.88. The third-order valence-corrected chi connectivity index (χ3v) is 3.91. The molecule has 3 heteroatoms. The van der Waals surface area contributed by atoms with Crippen molar-refractivity contribution in [1.29, 1.82) is 0 Å². The maximum atomic E-state index is 11.7. The minimum atomic E-state index is -0.462. The fraction of sp³-hybridized carbons (Fsp3) is 0.833. The van der Waals surface area contributed by atoms with E-state index in [1.54, 1.807) is 6.92 Å². The number of carbonyl (C=O) groups excluding carboxylic acids is 1. The van der Waals surface area contributed by atoms with E-state index in [0.29, 0.717) is 5.57 Å². The van der Waals surface area contributed by atoms with Gasteiger partial charge in [-0.2, -0.15) is 0 Å². The number of hydrogen-bond acceptors (Lipinski definition) is 3. The van der Waals surface area contributed by atoms with Crippen LogP contribution in [0.15, 0.2) is 11.1 Å². The molecular weight excluding hydrogens is 262 g/mol. The van der Waals surface area contributed by atoms with E-state index in [-0.39, 0.29) is 5.97 Å². The summed E-state index contributed by atoms with van der Waals surface area (Å²) in [5.74, 6) is -0.279. The van der Waals surface area contributed by atoms with E-state index in [1.165, 1.54) is 51.4 Å². The van der Waals surface area contributed by atoms with Gasteiger partial charge < -0.3 is 4.74 Å². The largest absolute Gasteiger partial charge is 0.443 e. The molecule has 3 nitrogen and oxygen atoms in total. The van der Waals surface area contributed by atoms with Gasteiger partial charge in [0.05, 0.1) is 0 Å². The molecule has 0 amide bonds. The number of nitrogens with two attached hydrogens (primary N) is 1. The van der Waals surface area contributed by atoms with Gasteiger partial charge in [-0.15, -0.1) is 0 Å². The summed E-state index contributed by atoms with van der Waals surface area (Å²) < 4.78 is 5.23. The fourth-order valence-electron chi connectivity index (χ4n) is 2.15. The monoisotopic (exact) mass is 297 g/mol. The second-order valence-electron chi connectivity index (χ2n) is 6.19. The van der Waals surface area contributed by atoms with Crippen molar-refractivity contribution < 1.29 is 9.53 Å². The first-order valence-electron chi connectivity index (χ1n) is 8.59. The molecule has 0 bridgehead atoms. The molecule has 0 heterocycles. The molecular formula is C18H35NO2. The molecule has 0 radical (unpaired) electrons. The minimum Gasteiger partial charge on any atom is -0.443 e. The van der Waals surface area contributed by atoms with E-state index in [2.05, 4.69) is 6.92 Å². The molecule has 0 aromatic rings. The lowest BCUT2D eigenvalue weighted by molar-refractivity contribution is -0.144. The van der Waals surface area contributed by atoms with Gasteiger partial charge in [0.2, 0.25) is 0 Å². The Morgan fingerprint density at radius 3 is 1.86 bits per heavy atom. The summed E-state index contributed by atoms with van der Waals surface area (Å²) in [4.78, 5) is 11.7. The molecule has 0 aliphatic carbocycles. The molecule has 0 rings (SSSR count). The lowest BCUT2D eigenvalue weighted by Crippen LogP contribution is -2.27. The average molecular weight is 297 g/mol. The smallest absolute Gasteiger partial charge is 0.335 e. The number of allylic oxidation sites excluding steroid dienone is 1. The van der Waals surface area contributed by atoms with Crippen LogP contribution in [0.3, 0.4) is 0 Å². The number of esters is 1. The molecule has 0 saturated heterocycles. The Kier molecular flexibility index (Phi) is 12.4. The maximum absolute atomic E-state index is 11.7. The normalized spacial score (nSPS) is 12.0. The van der Waals surface area contributed by atoms with Crippen LogP contribution in [0.2, 0.25) is 0 Å². The van der Waals surface area contributed by atoms with Gasteiger partial charge in [0, 0.05) is 5.57 Å². The highest BCUT2D eigenvalue weighted by atomic mass is 16.6. The molecule has 1 unspecified atom stereocenters. The van der Waals surface area contributed by atoms with Crippen molar-refractivity contribution >= 4 is 5.97 Å². The Balaban J connectivity index is 3.52. The van der Waals surface area contributed by atoms with Crippen LogP contribution < -0.4 is 5.73 Å². The summed E-state index contributed by atoms with van der Waals surface area (Å²) in [5, 5.41) is 0. The summed E-state index contributed by atoms with van der Waals surface area (Å²) >= 11 is 0. The van der Waals surface area contributed by atoms with Crippen LogP contribution in [-0.4, -0.2) is 12.2 Å². The molecule has 2 N–H and O–H groups in total. The zero-order valence-corrected chi connectivity index (χ0v) is 14.5. The molecule has 21 heavy (non-hydrogen) atoms. The zero-order chi connectivity index (χ0) is 16.1. The summed E-state index contributed by atoms with van der Waals surface area (Å²) in [5.41, 5.74) is 7.49. The summed E-state index contributed by atoms with van der Waals surface area (Å²) in [7, 11) is 0. The number of hydrogen-bond donors (Lipinski definition) is 1. The lowest BCUT2D eigenvalue weighted by Gasteiger charge is -2.13. The fourth-order valence-corrected chi connectivity index (χ4v) is 2.15. The average Bonchev–Trinajstić information content (AvgIpc) is 2.44. The number of ether oxygens (including phenoxy) is 1. The Labute approximate surface area is 131 Å². The van der Waals surface area contributed by atoms with Crippen LogP contribution in [0.5, 0.6) is 0 Å². The van der Waals surface area contributed by atoms with Gasteiger partial charge in [0.15, 0.2) is 6.23 Å². The van der Waals surface area contributed by atoms with Crippen molar-refractivity contribution in [2.24, 2.45) is 5.73 Å². The summed E-state index contributed by atoms with van der Waals surface area (Å²) in [6.07, 6.45) is 11.9. The molecule has 0 aliphatic rings. The number of unbranched alkanes of at least 4 members (excludes halogenated alkanes) is 8. The molecule has 0 aliphatic heterocycles. The Morgan fingerprint density at radius 2 is 1.38 bits per heavy atom. The molecule has 1 atom stereocenters.